The molecule has 0 aliphatic heterocycles. The van der Waals surface area contributed by atoms with Crippen LogP contribution in [0, 0.1) is 0 Å². The van der Waals surface area contributed by atoms with E-state index in [1.165, 1.54) is 5.56 Å². The second-order valence-corrected chi connectivity index (χ2v) is 6.95. The molecule has 6 heteroatoms. The average molecular weight is 362 g/mol. The second-order valence-electron chi connectivity index (χ2n) is 6.09. The Morgan fingerprint density at radius 2 is 2.04 bits per heavy atom. The summed E-state index contributed by atoms with van der Waals surface area (Å²) in [4.78, 5) is 16.9. The van der Waals surface area contributed by atoms with Gasteiger partial charge in [0, 0.05) is 22.0 Å². The van der Waals surface area contributed by atoms with E-state index in [0.717, 1.165) is 39.3 Å². The van der Waals surface area contributed by atoms with Gasteiger partial charge in [0.05, 0.1) is 23.8 Å². The molecule has 0 saturated heterocycles. The van der Waals surface area contributed by atoms with Gasteiger partial charge in [-0.05, 0) is 30.2 Å². The van der Waals surface area contributed by atoms with Crippen molar-refractivity contribution in [3.05, 3.63) is 65.3 Å². The van der Waals surface area contributed by atoms with Gasteiger partial charge in [-0.3, -0.25) is 9.89 Å². The van der Waals surface area contributed by atoms with Crippen LogP contribution in [0.25, 0.3) is 21.5 Å². The van der Waals surface area contributed by atoms with Crippen LogP contribution in [0.3, 0.4) is 0 Å². The molecule has 4 aromatic rings. The van der Waals surface area contributed by atoms with Crippen molar-refractivity contribution in [1.82, 2.24) is 15.2 Å². The maximum atomic E-state index is 12.3. The number of fused-ring (bicyclic) bond motifs is 1. The largest absolute Gasteiger partial charge is 0.326 e. The number of carbonyl (C=O) groups excluding carboxylic acids is 1. The molecule has 0 radical (unpaired) electrons. The standard InChI is InChI=1S/C20H18N4OS/c1-2-13-3-5-14(6-4-13)20-23-17(12-26-20)10-19(25)22-16-7-8-18-15(9-16)11-21-24-18/h3-9,11-12H,2,10H2,1H3,(H,21,24)(H,22,25). The molecule has 0 unspecified atom stereocenters. The molecule has 0 spiro atoms. The minimum absolute atomic E-state index is 0.0778. The molecule has 0 aliphatic carbocycles. The molecule has 26 heavy (non-hydrogen) atoms. The highest BCUT2D eigenvalue weighted by Gasteiger charge is 2.10. The SMILES string of the molecule is CCc1ccc(-c2nc(CC(=O)Nc3ccc4[nH]ncc4c3)cs2)cc1. The third-order valence-corrected chi connectivity index (χ3v) is 5.17. The number of aromatic amines is 1. The van der Waals surface area contributed by atoms with E-state index >= 15 is 0 Å². The number of H-pyrrole nitrogens is 1. The molecule has 0 atom stereocenters. The number of carbonyl (C=O) groups is 1. The van der Waals surface area contributed by atoms with E-state index in [1.807, 2.05) is 23.6 Å². The van der Waals surface area contributed by atoms with E-state index in [-0.39, 0.29) is 12.3 Å². The normalized spacial score (nSPS) is 11.0. The van der Waals surface area contributed by atoms with E-state index < -0.39 is 0 Å². The summed E-state index contributed by atoms with van der Waals surface area (Å²) in [5.74, 6) is -0.0778. The number of benzene rings is 2. The fourth-order valence-electron chi connectivity index (χ4n) is 2.79. The smallest absolute Gasteiger partial charge is 0.230 e. The monoisotopic (exact) mass is 362 g/mol. The quantitative estimate of drug-likeness (QED) is 0.552. The first-order valence-corrected chi connectivity index (χ1v) is 9.36. The molecule has 1 amide bonds. The van der Waals surface area contributed by atoms with Crippen LogP contribution in [0.1, 0.15) is 18.2 Å². The lowest BCUT2D eigenvalue weighted by Gasteiger charge is -2.04. The molecular weight excluding hydrogens is 344 g/mol. The fraction of sp³-hybridized carbons (Fsp3) is 0.150. The summed E-state index contributed by atoms with van der Waals surface area (Å²) in [7, 11) is 0. The minimum Gasteiger partial charge on any atom is -0.326 e. The zero-order chi connectivity index (χ0) is 17.9. The first-order valence-electron chi connectivity index (χ1n) is 8.48. The van der Waals surface area contributed by atoms with Gasteiger partial charge < -0.3 is 5.32 Å². The van der Waals surface area contributed by atoms with Gasteiger partial charge in [0.25, 0.3) is 0 Å². The highest BCUT2D eigenvalue weighted by molar-refractivity contribution is 7.13. The Bertz CT molecular complexity index is 1050. The van der Waals surface area contributed by atoms with Crippen LogP contribution in [0.4, 0.5) is 5.69 Å². The van der Waals surface area contributed by atoms with Crippen molar-refractivity contribution in [2.75, 3.05) is 5.32 Å². The number of aromatic nitrogens is 3. The van der Waals surface area contributed by atoms with Crippen LogP contribution in [0.2, 0.25) is 0 Å². The van der Waals surface area contributed by atoms with Gasteiger partial charge in [-0.25, -0.2) is 4.98 Å². The summed E-state index contributed by atoms with van der Waals surface area (Å²) in [6.07, 6.45) is 3.02. The number of aryl methyl sites for hydroxylation is 1. The number of rotatable bonds is 5. The summed E-state index contributed by atoms with van der Waals surface area (Å²) in [5.41, 5.74) is 4.88. The van der Waals surface area contributed by atoms with Crippen molar-refractivity contribution in [2.45, 2.75) is 19.8 Å². The summed E-state index contributed by atoms with van der Waals surface area (Å²) in [6.45, 7) is 2.14. The molecule has 2 aromatic carbocycles. The van der Waals surface area contributed by atoms with Crippen LogP contribution in [0.15, 0.2) is 54.0 Å². The molecule has 0 fully saturated rings. The predicted octanol–water partition coefficient (Wildman–Crippen LogP) is 4.43. The first-order chi connectivity index (χ1) is 12.7. The molecule has 0 saturated carbocycles. The Kier molecular flexibility index (Phi) is 4.50. The van der Waals surface area contributed by atoms with E-state index in [0.29, 0.717) is 0 Å². The van der Waals surface area contributed by atoms with Crippen molar-refractivity contribution in [3.8, 4) is 10.6 Å². The average Bonchev–Trinajstić information content (AvgIpc) is 3.30. The van der Waals surface area contributed by atoms with E-state index in [1.54, 1.807) is 17.5 Å². The number of nitrogens with one attached hydrogen (secondary N) is 2. The lowest BCUT2D eigenvalue weighted by molar-refractivity contribution is -0.115. The van der Waals surface area contributed by atoms with Crippen molar-refractivity contribution >= 4 is 33.8 Å². The highest BCUT2D eigenvalue weighted by Crippen LogP contribution is 2.24. The molecule has 2 heterocycles. The van der Waals surface area contributed by atoms with Crippen LogP contribution >= 0.6 is 11.3 Å². The fourth-order valence-corrected chi connectivity index (χ4v) is 3.62. The number of thiazole rings is 1. The number of hydrogen-bond acceptors (Lipinski definition) is 4. The number of anilines is 1. The zero-order valence-corrected chi connectivity index (χ0v) is 15.1. The van der Waals surface area contributed by atoms with Crippen LogP contribution in [-0.4, -0.2) is 21.1 Å². The Hall–Kier alpha value is -2.99. The van der Waals surface area contributed by atoms with Crippen molar-refractivity contribution < 1.29 is 4.79 Å². The third kappa shape index (κ3) is 3.50. The maximum Gasteiger partial charge on any atom is 0.230 e. The van der Waals surface area contributed by atoms with Gasteiger partial charge in [-0.1, -0.05) is 31.2 Å². The third-order valence-electron chi connectivity index (χ3n) is 4.23. The lowest BCUT2D eigenvalue weighted by Crippen LogP contribution is -2.14. The van der Waals surface area contributed by atoms with E-state index in [2.05, 4.69) is 51.7 Å². The molecule has 2 N–H and O–H groups in total. The summed E-state index contributed by atoms with van der Waals surface area (Å²) < 4.78 is 0. The van der Waals surface area contributed by atoms with Gasteiger partial charge in [0.2, 0.25) is 5.91 Å². The van der Waals surface area contributed by atoms with Crippen molar-refractivity contribution in [3.63, 3.8) is 0 Å². The van der Waals surface area contributed by atoms with E-state index in [4.69, 9.17) is 0 Å². The number of amides is 1. The number of hydrogen-bond donors (Lipinski definition) is 2. The van der Waals surface area contributed by atoms with Gasteiger partial charge in [0.15, 0.2) is 0 Å². The summed E-state index contributed by atoms with van der Waals surface area (Å²) in [6, 6.07) is 14.1. The summed E-state index contributed by atoms with van der Waals surface area (Å²) in [5, 5.41) is 13.7. The molecule has 0 bridgehead atoms. The molecule has 2 aromatic heterocycles. The predicted molar refractivity (Wildman–Crippen MR) is 105 cm³/mol. The Morgan fingerprint density at radius 3 is 2.85 bits per heavy atom. The topological polar surface area (TPSA) is 70.7 Å². The Labute approximate surface area is 155 Å². The Morgan fingerprint density at radius 1 is 1.19 bits per heavy atom. The van der Waals surface area contributed by atoms with Crippen LogP contribution in [-0.2, 0) is 17.6 Å². The van der Waals surface area contributed by atoms with E-state index in [9.17, 15) is 4.79 Å². The first kappa shape index (κ1) is 16.5. The van der Waals surface area contributed by atoms with Gasteiger partial charge in [-0.2, -0.15) is 5.10 Å². The lowest BCUT2D eigenvalue weighted by atomic mass is 10.1. The van der Waals surface area contributed by atoms with Crippen LogP contribution in [0.5, 0.6) is 0 Å². The Balaban J connectivity index is 1.43. The van der Waals surface area contributed by atoms with Gasteiger partial charge in [0.1, 0.15) is 5.01 Å². The van der Waals surface area contributed by atoms with Gasteiger partial charge in [-0.15, -0.1) is 11.3 Å². The van der Waals surface area contributed by atoms with Crippen molar-refractivity contribution in [1.29, 1.82) is 0 Å². The molecular formula is C20H18N4OS. The van der Waals surface area contributed by atoms with Crippen molar-refractivity contribution in [2.24, 2.45) is 0 Å². The maximum absolute atomic E-state index is 12.3. The molecule has 130 valence electrons. The highest BCUT2D eigenvalue weighted by atomic mass is 32.1. The summed E-state index contributed by atoms with van der Waals surface area (Å²) >= 11 is 1.56. The number of nitrogens with zero attached hydrogens (tertiary/aromatic N) is 2. The molecule has 0 aliphatic rings. The molecule has 5 nitrogen and oxygen atoms in total. The van der Waals surface area contributed by atoms with Crippen LogP contribution < -0.4 is 5.32 Å². The zero-order valence-electron chi connectivity index (χ0n) is 14.3. The second kappa shape index (κ2) is 7.09. The molecule has 4 rings (SSSR count). The minimum atomic E-state index is -0.0778. The van der Waals surface area contributed by atoms with Gasteiger partial charge >= 0.3 is 0 Å².